The van der Waals surface area contributed by atoms with Crippen LogP contribution in [0.2, 0.25) is 0 Å². The highest BCUT2D eigenvalue weighted by atomic mass is 16.5. The summed E-state index contributed by atoms with van der Waals surface area (Å²) in [5.41, 5.74) is 7.12. The number of esters is 1. The fourth-order valence-corrected chi connectivity index (χ4v) is 4.26. The Kier molecular flexibility index (Phi) is 6.11. The van der Waals surface area contributed by atoms with Gasteiger partial charge < -0.3 is 14.6 Å². The third-order valence-corrected chi connectivity index (χ3v) is 6.03. The van der Waals surface area contributed by atoms with Gasteiger partial charge in [-0.05, 0) is 68.7 Å². The third-order valence-electron chi connectivity index (χ3n) is 6.03. The second-order valence-corrected chi connectivity index (χ2v) is 8.52. The van der Waals surface area contributed by atoms with Crippen LogP contribution in [0.5, 0.6) is 0 Å². The number of nitrogens with zero attached hydrogens (tertiary/aromatic N) is 2. The van der Waals surface area contributed by atoms with Crippen molar-refractivity contribution in [1.82, 2.24) is 14.8 Å². The van der Waals surface area contributed by atoms with E-state index in [0.717, 1.165) is 39.3 Å². The molecule has 1 aliphatic rings. The van der Waals surface area contributed by atoms with Gasteiger partial charge in [0.05, 0.1) is 19.2 Å². The molecule has 0 atom stereocenters. The Hall–Kier alpha value is -4.13. The predicted molar refractivity (Wildman–Crippen MR) is 130 cm³/mol. The third kappa shape index (κ3) is 4.24. The molecule has 1 N–H and O–H groups in total. The summed E-state index contributed by atoms with van der Waals surface area (Å²) in [7, 11) is 1.35. The lowest BCUT2D eigenvalue weighted by Gasteiger charge is -2.14. The zero-order chi connectivity index (χ0) is 24.6. The SMILES string of the molecule is COC(=O)c1ccc(C)c(-n2c(C)cc(/C=C3/NC(=O)N(Cc4cccc(C)c4)C3=O)c2C)c1. The van der Waals surface area contributed by atoms with Gasteiger partial charge in [0.1, 0.15) is 5.70 Å². The van der Waals surface area contributed by atoms with E-state index >= 15 is 0 Å². The first-order valence-corrected chi connectivity index (χ1v) is 11.0. The topological polar surface area (TPSA) is 80.6 Å². The number of amides is 3. The van der Waals surface area contributed by atoms with E-state index in [9.17, 15) is 14.4 Å². The fourth-order valence-electron chi connectivity index (χ4n) is 4.26. The van der Waals surface area contributed by atoms with E-state index in [4.69, 9.17) is 4.74 Å². The maximum Gasteiger partial charge on any atom is 0.337 e. The molecule has 2 heterocycles. The smallest absolute Gasteiger partial charge is 0.337 e. The quantitative estimate of drug-likeness (QED) is 0.345. The van der Waals surface area contributed by atoms with Crippen LogP contribution >= 0.6 is 0 Å². The van der Waals surface area contributed by atoms with Crippen LogP contribution in [-0.4, -0.2) is 34.5 Å². The van der Waals surface area contributed by atoms with Crippen molar-refractivity contribution in [3.63, 3.8) is 0 Å². The van der Waals surface area contributed by atoms with E-state index in [2.05, 4.69) is 5.32 Å². The van der Waals surface area contributed by atoms with E-state index in [1.165, 1.54) is 12.0 Å². The van der Waals surface area contributed by atoms with Crippen LogP contribution in [0.4, 0.5) is 4.79 Å². The maximum atomic E-state index is 13.0. The molecule has 0 saturated carbocycles. The molecule has 1 fully saturated rings. The molecule has 1 aromatic heterocycles. The Balaban J connectivity index is 1.67. The van der Waals surface area contributed by atoms with Crippen molar-refractivity contribution < 1.29 is 19.1 Å². The lowest BCUT2D eigenvalue weighted by molar-refractivity contribution is -0.123. The number of imide groups is 1. The Morgan fingerprint density at radius 2 is 1.79 bits per heavy atom. The van der Waals surface area contributed by atoms with Gasteiger partial charge >= 0.3 is 12.0 Å². The molecular formula is C27H27N3O4. The van der Waals surface area contributed by atoms with Crippen molar-refractivity contribution in [2.75, 3.05) is 7.11 Å². The average molecular weight is 458 g/mol. The number of rotatable bonds is 5. The fraction of sp³-hybridized carbons (Fsp3) is 0.222. The highest BCUT2D eigenvalue weighted by Gasteiger charge is 2.33. The van der Waals surface area contributed by atoms with Gasteiger partial charge in [0.25, 0.3) is 5.91 Å². The van der Waals surface area contributed by atoms with Gasteiger partial charge in [0.15, 0.2) is 0 Å². The number of benzene rings is 2. The molecular weight excluding hydrogens is 430 g/mol. The van der Waals surface area contributed by atoms with Gasteiger partial charge in [0.2, 0.25) is 0 Å². The normalized spacial score (nSPS) is 14.6. The highest BCUT2D eigenvalue weighted by molar-refractivity contribution is 6.14. The van der Waals surface area contributed by atoms with Crippen LogP contribution in [0.3, 0.4) is 0 Å². The Bertz CT molecular complexity index is 1350. The van der Waals surface area contributed by atoms with Crippen molar-refractivity contribution in [2.24, 2.45) is 0 Å². The second kappa shape index (κ2) is 9.02. The largest absolute Gasteiger partial charge is 0.465 e. The number of hydrogen-bond donors (Lipinski definition) is 1. The van der Waals surface area contributed by atoms with Crippen LogP contribution in [0.25, 0.3) is 11.8 Å². The van der Waals surface area contributed by atoms with Crippen LogP contribution in [0.1, 0.15) is 44.0 Å². The van der Waals surface area contributed by atoms with Crippen molar-refractivity contribution in [1.29, 1.82) is 0 Å². The number of urea groups is 1. The Morgan fingerprint density at radius 3 is 2.50 bits per heavy atom. The summed E-state index contributed by atoms with van der Waals surface area (Å²) < 4.78 is 6.89. The first-order chi connectivity index (χ1) is 16.2. The summed E-state index contributed by atoms with van der Waals surface area (Å²) in [6, 6.07) is 14.7. The standard InChI is InChI=1S/C27H27N3O4/c1-16-7-6-8-20(11-16)15-29-25(31)23(28-27(29)33)13-22-12-18(3)30(19(22)4)24-14-21(26(32)34-5)10-9-17(24)2/h6-14H,15H2,1-5H3,(H,28,33)/b23-13+. The molecule has 0 bridgehead atoms. The van der Waals surface area contributed by atoms with Gasteiger partial charge in [-0.1, -0.05) is 35.9 Å². The van der Waals surface area contributed by atoms with Crippen LogP contribution in [0.15, 0.2) is 54.2 Å². The first-order valence-electron chi connectivity index (χ1n) is 11.0. The van der Waals surface area contributed by atoms with Crippen molar-refractivity contribution >= 4 is 24.0 Å². The average Bonchev–Trinajstić information content (AvgIpc) is 3.23. The summed E-state index contributed by atoms with van der Waals surface area (Å²) in [6.45, 7) is 8.05. The van der Waals surface area contributed by atoms with E-state index in [-0.39, 0.29) is 18.1 Å². The van der Waals surface area contributed by atoms with Crippen LogP contribution in [-0.2, 0) is 16.1 Å². The van der Waals surface area contributed by atoms with E-state index < -0.39 is 12.0 Å². The first kappa shape index (κ1) is 23.0. The van der Waals surface area contributed by atoms with Crippen molar-refractivity contribution in [2.45, 2.75) is 34.2 Å². The lowest BCUT2D eigenvalue weighted by Crippen LogP contribution is -2.30. The monoisotopic (exact) mass is 457 g/mol. The van der Waals surface area contributed by atoms with Crippen molar-refractivity contribution in [3.8, 4) is 5.69 Å². The molecule has 3 amide bonds. The molecule has 7 heteroatoms. The summed E-state index contributed by atoms with van der Waals surface area (Å²) in [4.78, 5) is 38.8. The Labute approximate surface area is 198 Å². The van der Waals surface area contributed by atoms with Crippen molar-refractivity contribution in [3.05, 3.63) is 93.4 Å². The second-order valence-electron chi connectivity index (χ2n) is 8.52. The van der Waals surface area contributed by atoms with Gasteiger partial charge in [-0.2, -0.15) is 0 Å². The molecule has 0 radical (unpaired) electrons. The Morgan fingerprint density at radius 1 is 1.03 bits per heavy atom. The van der Waals surface area contributed by atoms with E-state index in [0.29, 0.717) is 5.56 Å². The number of carbonyl (C=O) groups is 3. The number of carbonyl (C=O) groups excluding carboxylic acids is 3. The molecule has 1 saturated heterocycles. The molecule has 174 valence electrons. The number of methoxy groups -OCH3 is 1. The molecule has 0 aliphatic carbocycles. The molecule has 34 heavy (non-hydrogen) atoms. The van der Waals surface area contributed by atoms with Gasteiger partial charge in [-0.25, -0.2) is 9.59 Å². The number of aryl methyl sites for hydroxylation is 3. The highest BCUT2D eigenvalue weighted by Crippen LogP contribution is 2.27. The summed E-state index contributed by atoms with van der Waals surface area (Å²) >= 11 is 0. The predicted octanol–water partition coefficient (Wildman–Crippen LogP) is 4.59. The number of ether oxygens (including phenoxy) is 1. The summed E-state index contributed by atoms with van der Waals surface area (Å²) in [5.74, 6) is -0.765. The van der Waals surface area contributed by atoms with E-state index in [1.807, 2.05) is 68.7 Å². The molecule has 4 rings (SSSR count). The number of aromatic nitrogens is 1. The number of nitrogens with one attached hydrogen (secondary N) is 1. The van der Waals surface area contributed by atoms with Gasteiger partial charge in [0, 0.05) is 17.1 Å². The van der Waals surface area contributed by atoms with Crippen LogP contribution in [0, 0.1) is 27.7 Å². The molecule has 3 aromatic rings. The molecule has 0 spiro atoms. The summed E-state index contributed by atoms with van der Waals surface area (Å²) in [5, 5.41) is 2.70. The zero-order valence-corrected chi connectivity index (χ0v) is 19.9. The van der Waals surface area contributed by atoms with E-state index in [1.54, 1.807) is 18.2 Å². The minimum Gasteiger partial charge on any atom is -0.465 e. The molecule has 0 unspecified atom stereocenters. The molecule has 2 aromatic carbocycles. The number of hydrogen-bond acceptors (Lipinski definition) is 4. The van der Waals surface area contributed by atoms with Gasteiger partial charge in [-0.3, -0.25) is 9.69 Å². The molecule has 7 nitrogen and oxygen atoms in total. The van der Waals surface area contributed by atoms with Gasteiger partial charge in [-0.15, -0.1) is 0 Å². The minimum atomic E-state index is -0.437. The van der Waals surface area contributed by atoms with Crippen LogP contribution < -0.4 is 5.32 Å². The zero-order valence-electron chi connectivity index (χ0n) is 19.9. The summed E-state index contributed by atoms with van der Waals surface area (Å²) in [6.07, 6.45) is 1.70. The molecule has 1 aliphatic heterocycles. The maximum absolute atomic E-state index is 13.0. The minimum absolute atomic E-state index is 0.211. The lowest BCUT2D eigenvalue weighted by atomic mass is 10.1.